The number of thiol groups is 1. The normalized spacial score (nSPS) is 14.0. The van der Waals surface area contributed by atoms with Crippen molar-refractivity contribution < 1.29 is 9.90 Å². The number of aromatic nitrogens is 2. The molecule has 78 valence electrons. The summed E-state index contributed by atoms with van der Waals surface area (Å²) in [6.07, 6.45) is 2.73. The van der Waals surface area contributed by atoms with Crippen LogP contribution in [0.1, 0.15) is 24.2 Å². The van der Waals surface area contributed by atoms with Gasteiger partial charge in [0.25, 0.3) is 0 Å². The number of carbonyl (C=O) groups is 1. The fraction of sp³-hybridized carbons (Fsp3) is 0.500. The highest BCUT2D eigenvalue weighted by Crippen LogP contribution is 2.20. The second-order valence-corrected chi connectivity index (χ2v) is 4.13. The van der Waals surface area contributed by atoms with E-state index in [9.17, 15) is 4.79 Å². The quantitative estimate of drug-likeness (QED) is 0.507. The summed E-state index contributed by atoms with van der Waals surface area (Å²) in [5.74, 6) is -1.00. The van der Waals surface area contributed by atoms with Gasteiger partial charge in [-0.2, -0.15) is 17.7 Å². The topological polar surface area (TPSA) is 81.1 Å². The molecule has 0 spiro atoms. The van der Waals surface area contributed by atoms with Crippen LogP contribution in [-0.4, -0.2) is 26.2 Å². The molecule has 14 heavy (non-hydrogen) atoms. The number of hydrogen-bond acceptors (Lipinski definition) is 4. The van der Waals surface area contributed by atoms with E-state index in [0.717, 1.165) is 0 Å². The minimum atomic E-state index is -1.00. The average Bonchev–Trinajstić information content (AvgIpc) is 2.51. The van der Waals surface area contributed by atoms with Gasteiger partial charge in [-0.3, -0.25) is 4.68 Å². The molecular formula is C8H13N3O2S. The smallest absolute Gasteiger partial charge is 0.338 e. The molecule has 3 N–H and O–H groups in total. The predicted octanol–water partition coefficient (Wildman–Crippen LogP) is 0.531. The molecule has 5 nitrogen and oxygen atoms in total. The van der Waals surface area contributed by atoms with Gasteiger partial charge in [0, 0.05) is 6.20 Å². The molecule has 1 heterocycles. The Bertz CT molecular complexity index is 346. The van der Waals surface area contributed by atoms with Crippen LogP contribution in [0.4, 0.5) is 0 Å². The molecule has 0 aromatic carbocycles. The fourth-order valence-electron chi connectivity index (χ4n) is 0.884. The van der Waals surface area contributed by atoms with E-state index < -0.39 is 16.9 Å². The Kier molecular flexibility index (Phi) is 2.86. The SMILES string of the molecule is CC(C)(C(N)S)n1cc(C(=O)O)cn1. The summed E-state index contributed by atoms with van der Waals surface area (Å²) in [6, 6.07) is 0. The average molecular weight is 215 g/mol. The van der Waals surface area contributed by atoms with Gasteiger partial charge < -0.3 is 10.8 Å². The lowest BCUT2D eigenvalue weighted by Crippen LogP contribution is -2.42. The van der Waals surface area contributed by atoms with Crippen LogP contribution in [0.25, 0.3) is 0 Å². The monoisotopic (exact) mass is 215 g/mol. The van der Waals surface area contributed by atoms with E-state index in [1.807, 2.05) is 13.8 Å². The van der Waals surface area contributed by atoms with Crippen LogP contribution in [0, 0.1) is 0 Å². The zero-order chi connectivity index (χ0) is 10.9. The maximum atomic E-state index is 10.6. The summed E-state index contributed by atoms with van der Waals surface area (Å²) in [7, 11) is 0. The summed E-state index contributed by atoms with van der Waals surface area (Å²) in [5, 5.41) is 12.2. The number of hydrogen-bond donors (Lipinski definition) is 3. The Morgan fingerprint density at radius 1 is 1.79 bits per heavy atom. The van der Waals surface area contributed by atoms with Crippen molar-refractivity contribution in [2.24, 2.45) is 5.73 Å². The Hall–Kier alpha value is -1.01. The van der Waals surface area contributed by atoms with E-state index in [1.165, 1.54) is 17.1 Å². The Labute approximate surface area is 87.3 Å². The van der Waals surface area contributed by atoms with Crippen molar-refractivity contribution in [2.75, 3.05) is 0 Å². The molecule has 0 fully saturated rings. The third kappa shape index (κ3) is 1.91. The van der Waals surface area contributed by atoms with Crippen molar-refractivity contribution in [3.8, 4) is 0 Å². The van der Waals surface area contributed by atoms with E-state index in [0.29, 0.717) is 0 Å². The van der Waals surface area contributed by atoms with E-state index >= 15 is 0 Å². The number of nitrogens with zero attached hydrogens (tertiary/aromatic N) is 2. The fourth-order valence-corrected chi connectivity index (χ4v) is 1.00. The maximum Gasteiger partial charge on any atom is 0.338 e. The summed E-state index contributed by atoms with van der Waals surface area (Å²) >= 11 is 4.12. The Balaban J connectivity index is 3.02. The third-order valence-electron chi connectivity index (χ3n) is 2.14. The standard InChI is InChI=1S/C8H13N3O2S/c1-8(2,7(9)14)11-4-5(3-10-11)6(12)13/h3-4,7,14H,9H2,1-2H3,(H,12,13). The Morgan fingerprint density at radius 2 is 2.36 bits per heavy atom. The van der Waals surface area contributed by atoms with Crippen LogP contribution >= 0.6 is 12.6 Å². The zero-order valence-corrected chi connectivity index (χ0v) is 8.90. The molecule has 0 aliphatic carbocycles. The van der Waals surface area contributed by atoms with Gasteiger partial charge in [0.2, 0.25) is 0 Å². The van der Waals surface area contributed by atoms with Gasteiger partial charge in [-0.15, -0.1) is 0 Å². The molecule has 0 aliphatic heterocycles. The molecule has 0 amide bonds. The first kappa shape index (κ1) is 11.1. The minimum absolute atomic E-state index is 0.145. The number of aromatic carboxylic acids is 1. The summed E-state index contributed by atoms with van der Waals surface area (Å²) < 4.78 is 1.51. The summed E-state index contributed by atoms with van der Waals surface area (Å²) in [5.41, 5.74) is 5.27. The highest BCUT2D eigenvalue weighted by atomic mass is 32.1. The van der Waals surface area contributed by atoms with Crippen LogP contribution in [0.3, 0.4) is 0 Å². The molecule has 0 bridgehead atoms. The van der Waals surface area contributed by atoms with E-state index in [2.05, 4.69) is 17.7 Å². The van der Waals surface area contributed by atoms with Crippen molar-refractivity contribution in [1.29, 1.82) is 0 Å². The lowest BCUT2D eigenvalue weighted by Gasteiger charge is -2.28. The second kappa shape index (κ2) is 3.62. The van der Waals surface area contributed by atoms with Crippen LogP contribution in [0.2, 0.25) is 0 Å². The van der Waals surface area contributed by atoms with Crippen molar-refractivity contribution in [3.05, 3.63) is 18.0 Å². The molecule has 0 saturated carbocycles. The lowest BCUT2D eigenvalue weighted by molar-refractivity contribution is 0.0696. The minimum Gasteiger partial charge on any atom is -0.478 e. The molecule has 0 radical (unpaired) electrons. The van der Waals surface area contributed by atoms with E-state index in [1.54, 1.807) is 0 Å². The van der Waals surface area contributed by atoms with Crippen molar-refractivity contribution in [3.63, 3.8) is 0 Å². The van der Waals surface area contributed by atoms with Crippen LogP contribution in [0.5, 0.6) is 0 Å². The first-order valence-electron chi connectivity index (χ1n) is 4.08. The summed E-state index contributed by atoms with van der Waals surface area (Å²) in [6.45, 7) is 3.67. The van der Waals surface area contributed by atoms with Gasteiger partial charge in [0.15, 0.2) is 0 Å². The Morgan fingerprint density at radius 3 is 2.71 bits per heavy atom. The largest absolute Gasteiger partial charge is 0.478 e. The molecule has 1 aromatic rings. The number of nitrogens with two attached hydrogens (primary N) is 1. The third-order valence-corrected chi connectivity index (χ3v) is 2.78. The van der Waals surface area contributed by atoms with Gasteiger partial charge in [-0.05, 0) is 13.8 Å². The van der Waals surface area contributed by atoms with E-state index in [4.69, 9.17) is 10.8 Å². The molecule has 1 unspecified atom stereocenters. The van der Waals surface area contributed by atoms with Gasteiger partial charge in [0.1, 0.15) is 0 Å². The number of carboxylic acids is 1. The van der Waals surface area contributed by atoms with Crippen molar-refractivity contribution in [1.82, 2.24) is 9.78 Å². The number of rotatable bonds is 3. The second-order valence-electron chi connectivity index (χ2n) is 3.58. The molecule has 0 saturated heterocycles. The highest BCUT2D eigenvalue weighted by Gasteiger charge is 2.27. The van der Waals surface area contributed by atoms with Crippen LogP contribution in [-0.2, 0) is 5.54 Å². The van der Waals surface area contributed by atoms with Gasteiger partial charge in [-0.1, -0.05) is 0 Å². The molecule has 1 aromatic heterocycles. The molecule has 0 aliphatic rings. The highest BCUT2D eigenvalue weighted by molar-refractivity contribution is 7.80. The molecule has 6 heteroatoms. The predicted molar refractivity (Wildman–Crippen MR) is 55.5 cm³/mol. The van der Waals surface area contributed by atoms with Crippen molar-refractivity contribution >= 4 is 18.6 Å². The first-order valence-corrected chi connectivity index (χ1v) is 4.59. The van der Waals surface area contributed by atoms with Crippen LogP contribution in [0.15, 0.2) is 12.4 Å². The molecular weight excluding hydrogens is 202 g/mol. The van der Waals surface area contributed by atoms with Gasteiger partial charge >= 0.3 is 5.97 Å². The van der Waals surface area contributed by atoms with E-state index in [-0.39, 0.29) is 5.56 Å². The molecule has 1 rings (SSSR count). The zero-order valence-electron chi connectivity index (χ0n) is 8.01. The number of carboxylic acid groups (broad SMARTS) is 1. The van der Waals surface area contributed by atoms with Gasteiger partial charge in [0.05, 0.1) is 22.7 Å². The summed E-state index contributed by atoms with van der Waals surface area (Å²) in [4.78, 5) is 10.6. The first-order chi connectivity index (χ1) is 6.35. The van der Waals surface area contributed by atoms with Gasteiger partial charge in [-0.25, -0.2) is 4.79 Å². The lowest BCUT2D eigenvalue weighted by atomic mass is 10.1. The molecule has 1 atom stereocenters. The maximum absolute atomic E-state index is 10.6. The van der Waals surface area contributed by atoms with Crippen molar-refractivity contribution in [2.45, 2.75) is 24.8 Å². The van der Waals surface area contributed by atoms with Crippen LogP contribution < -0.4 is 5.73 Å².